The molecule has 4 heteroatoms. The molecule has 0 heterocycles. The van der Waals surface area contributed by atoms with Gasteiger partial charge in [0.05, 0.1) is 6.10 Å². The molecule has 1 atom stereocenters. The van der Waals surface area contributed by atoms with Gasteiger partial charge in [-0.15, -0.1) is 0 Å². The second kappa shape index (κ2) is 6.55. The molecule has 1 unspecified atom stereocenters. The Morgan fingerprint density at radius 1 is 1.24 bits per heavy atom. The van der Waals surface area contributed by atoms with Crippen molar-refractivity contribution in [3.05, 3.63) is 29.3 Å². The van der Waals surface area contributed by atoms with E-state index in [1.807, 2.05) is 0 Å². The lowest BCUT2D eigenvalue weighted by Gasteiger charge is -2.13. The molecular weight excluding hydrogens is 224 g/mol. The Labute approximate surface area is 100 Å². The maximum atomic E-state index is 13.6. The Bertz CT molecular complexity index is 369. The van der Waals surface area contributed by atoms with Crippen LogP contribution in [0, 0.1) is 11.6 Å². The van der Waals surface area contributed by atoms with Crippen LogP contribution in [0.5, 0.6) is 0 Å². The first-order valence-corrected chi connectivity index (χ1v) is 5.99. The van der Waals surface area contributed by atoms with Crippen molar-refractivity contribution in [1.29, 1.82) is 0 Å². The van der Waals surface area contributed by atoms with E-state index in [2.05, 4.69) is 6.92 Å². The largest absolute Gasteiger partial charge is 0.394 e. The Hall–Kier alpha value is -1.16. The normalized spacial score (nSPS) is 12.7. The predicted molar refractivity (Wildman–Crippen MR) is 64.5 cm³/mol. The van der Waals surface area contributed by atoms with E-state index in [-0.39, 0.29) is 5.56 Å². The lowest BCUT2D eigenvalue weighted by atomic mass is 10.0. The zero-order valence-corrected chi connectivity index (χ0v) is 10.0. The van der Waals surface area contributed by atoms with Crippen LogP contribution in [0.3, 0.4) is 0 Å². The van der Waals surface area contributed by atoms with Gasteiger partial charge < -0.3 is 10.8 Å². The number of nitrogens with two attached hydrogens (primary N) is 1. The Kier molecular flexibility index (Phi) is 5.35. The summed E-state index contributed by atoms with van der Waals surface area (Å²) in [6, 6.07) is 2.34. The smallest absolute Gasteiger partial charge is 0.154 e. The summed E-state index contributed by atoms with van der Waals surface area (Å²) < 4.78 is 26.5. The molecule has 0 aliphatic carbocycles. The third-order valence-electron chi connectivity index (χ3n) is 2.85. The molecule has 0 amide bonds. The van der Waals surface area contributed by atoms with Crippen LogP contribution in [0.4, 0.5) is 14.5 Å². The van der Waals surface area contributed by atoms with Crippen molar-refractivity contribution in [2.45, 2.75) is 45.1 Å². The lowest BCUT2D eigenvalue weighted by Crippen LogP contribution is -2.05. The molecule has 0 spiro atoms. The number of rotatable bonds is 6. The summed E-state index contributed by atoms with van der Waals surface area (Å²) in [5.41, 5.74) is 4.80. The molecule has 0 saturated carbocycles. The highest BCUT2D eigenvalue weighted by molar-refractivity contribution is 5.45. The van der Waals surface area contributed by atoms with Gasteiger partial charge in [0.15, 0.2) is 5.82 Å². The van der Waals surface area contributed by atoms with Gasteiger partial charge in [-0.25, -0.2) is 8.78 Å². The SMILES string of the molecule is CCCCCCC(O)c1ccc(F)c(N)c1F. The fourth-order valence-corrected chi connectivity index (χ4v) is 1.76. The van der Waals surface area contributed by atoms with Crippen LogP contribution in [0.2, 0.25) is 0 Å². The van der Waals surface area contributed by atoms with E-state index >= 15 is 0 Å². The van der Waals surface area contributed by atoms with Crippen LogP contribution in [0.15, 0.2) is 12.1 Å². The lowest BCUT2D eigenvalue weighted by molar-refractivity contribution is 0.159. The Balaban J connectivity index is 2.63. The summed E-state index contributed by atoms with van der Waals surface area (Å²) in [7, 11) is 0. The molecule has 0 bridgehead atoms. The quantitative estimate of drug-likeness (QED) is 0.593. The zero-order valence-electron chi connectivity index (χ0n) is 10.0. The van der Waals surface area contributed by atoms with Crippen LogP contribution in [-0.2, 0) is 0 Å². The molecular formula is C13H19F2NO. The highest BCUT2D eigenvalue weighted by atomic mass is 19.1. The number of unbranched alkanes of at least 4 members (excludes halogenated alkanes) is 3. The third kappa shape index (κ3) is 3.66. The fraction of sp³-hybridized carbons (Fsp3) is 0.538. The average molecular weight is 243 g/mol. The molecule has 0 aliphatic rings. The number of hydrogen-bond donors (Lipinski definition) is 2. The summed E-state index contributed by atoms with van der Waals surface area (Å²) in [6.07, 6.45) is 3.60. The van der Waals surface area contributed by atoms with Crippen molar-refractivity contribution in [1.82, 2.24) is 0 Å². The molecule has 0 radical (unpaired) electrons. The second-order valence-electron chi connectivity index (χ2n) is 4.23. The molecule has 96 valence electrons. The van der Waals surface area contributed by atoms with Crippen molar-refractivity contribution < 1.29 is 13.9 Å². The third-order valence-corrected chi connectivity index (χ3v) is 2.85. The van der Waals surface area contributed by atoms with Gasteiger partial charge in [0.1, 0.15) is 11.5 Å². The van der Waals surface area contributed by atoms with Crippen molar-refractivity contribution in [2.75, 3.05) is 5.73 Å². The molecule has 1 rings (SSSR count). The van der Waals surface area contributed by atoms with E-state index < -0.39 is 23.4 Å². The standard InChI is InChI=1S/C13H19F2NO/c1-2-3-4-5-6-11(17)9-7-8-10(14)13(16)12(9)15/h7-8,11,17H,2-6,16H2,1H3. The second-order valence-corrected chi connectivity index (χ2v) is 4.23. The Morgan fingerprint density at radius 2 is 1.94 bits per heavy atom. The van der Waals surface area contributed by atoms with Crippen molar-refractivity contribution in [3.8, 4) is 0 Å². The molecule has 0 aromatic heterocycles. The number of nitrogen functional groups attached to an aromatic ring is 1. The molecule has 0 aliphatic heterocycles. The van der Waals surface area contributed by atoms with Crippen LogP contribution in [0.1, 0.15) is 50.7 Å². The number of benzene rings is 1. The van der Waals surface area contributed by atoms with E-state index in [4.69, 9.17) is 5.73 Å². The zero-order chi connectivity index (χ0) is 12.8. The summed E-state index contributed by atoms with van der Waals surface area (Å²) in [6.45, 7) is 2.09. The van der Waals surface area contributed by atoms with E-state index in [9.17, 15) is 13.9 Å². The van der Waals surface area contributed by atoms with Crippen molar-refractivity contribution >= 4 is 5.69 Å². The molecule has 0 saturated heterocycles. The molecule has 2 nitrogen and oxygen atoms in total. The number of halogens is 2. The summed E-state index contributed by atoms with van der Waals surface area (Å²) in [4.78, 5) is 0. The highest BCUT2D eigenvalue weighted by Gasteiger charge is 2.16. The first-order chi connectivity index (χ1) is 8.07. The van der Waals surface area contributed by atoms with Crippen LogP contribution < -0.4 is 5.73 Å². The van der Waals surface area contributed by atoms with Gasteiger partial charge in [0.2, 0.25) is 0 Å². The molecule has 3 N–H and O–H groups in total. The number of aliphatic hydroxyl groups excluding tert-OH is 1. The van der Waals surface area contributed by atoms with Crippen LogP contribution >= 0.6 is 0 Å². The number of hydrogen-bond acceptors (Lipinski definition) is 2. The monoisotopic (exact) mass is 243 g/mol. The maximum absolute atomic E-state index is 13.6. The maximum Gasteiger partial charge on any atom is 0.154 e. The number of anilines is 1. The molecule has 0 fully saturated rings. The van der Waals surface area contributed by atoms with E-state index in [0.717, 1.165) is 31.7 Å². The van der Waals surface area contributed by atoms with Crippen molar-refractivity contribution in [3.63, 3.8) is 0 Å². The minimum atomic E-state index is -0.908. The van der Waals surface area contributed by atoms with E-state index in [1.54, 1.807) is 0 Å². The molecule has 17 heavy (non-hydrogen) atoms. The number of aliphatic hydroxyl groups is 1. The van der Waals surface area contributed by atoms with Gasteiger partial charge in [0, 0.05) is 5.56 Å². The fourth-order valence-electron chi connectivity index (χ4n) is 1.76. The topological polar surface area (TPSA) is 46.2 Å². The summed E-state index contributed by atoms with van der Waals surface area (Å²) in [5.74, 6) is -1.63. The van der Waals surface area contributed by atoms with Gasteiger partial charge in [-0.1, -0.05) is 38.7 Å². The summed E-state index contributed by atoms with van der Waals surface area (Å²) in [5, 5.41) is 9.80. The van der Waals surface area contributed by atoms with E-state index in [1.165, 1.54) is 6.07 Å². The van der Waals surface area contributed by atoms with Crippen LogP contribution in [0.25, 0.3) is 0 Å². The summed E-state index contributed by atoms with van der Waals surface area (Å²) >= 11 is 0. The highest BCUT2D eigenvalue weighted by Crippen LogP contribution is 2.27. The van der Waals surface area contributed by atoms with Gasteiger partial charge in [-0.2, -0.15) is 0 Å². The van der Waals surface area contributed by atoms with Gasteiger partial charge in [-0.3, -0.25) is 0 Å². The molecule has 1 aromatic rings. The van der Waals surface area contributed by atoms with E-state index in [0.29, 0.717) is 6.42 Å². The van der Waals surface area contributed by atoms with Gasteiger partial charge in [0.25, 0.3) is 0 Å². The minimum absolute atomic E-state index is 0.0837. The Morgan fingerprint density at radius 3 is 2.59 bits per heavy atom. The van der Waals surface area contributed by atoms with Crippen molar-refractivity contribution in [2.24, 2.45) is 0 Å². The minimum Gasteiger partial charge on any atom is -0.394 e. The first-order valence-electron chi connectivity index (χ1n) is 5.99. The van der Waals surface area contributed by atoms with Gasteiger partial charge in [-0.05, 0) is 12.5 Å². The predicted octanol–water partition coefficient (Wildman–Crippen LogP) is 3.55. The van der Waals surface area contributed by atoms with Crippen LogP contribution in [-0.4, -0.2) is 5.11 Å². The first kappa shape index (κ1) is 13.9. The van der Waals surface area contributed by atoms with Gasteiger partial charge >= 0.3 is 0 Å². The average Bonchev–Trinajstić information content (AvgIpc) is 2.31. The molecule has 1 aromatic carbocycles.